The minimum Gasteiger partial charge on any atom is -0.393 e. The molecule has 0 aromatic rings. The molecule has 3 rings (SSSR count). The van der Waals surface area contributed by atoms with Gasteiger partial charge in [0.15, 0.2) is 0 Å². The van der Waals surface area contributed by atoms with Crippen LogP contribution in [0.1, 0.15) is 32.6 Å². The van der Waals surface area contributed by atoms with Gasteiger partial charge in [-0.1, -0.05) is 11.6 Å². The molecule has 2 bridgehead atoms. The maximum absolute atomic E-state index is 12.0. The Bertz CT molecular complexity index is 370. The van der Waals surface area contributed by atoms with Gasteiger partial charge < -0.3 is 5.11 Å². The number of ketones is 1. The molecule has 88 valence electrons. The predicted molar refractivity (Wildman–Crippen MR) is 62.0 cm³/mol. The number of aliphatic hydroxyl groups excluding tert-OH is 1. The zero-order chi connectivity index (χ0) is 11.4. The number of hydrogen-bond donors (Lipinski definition) is 1. The van der Waals surface area contributed by atoms with E-state index in [4.69, 9.17) is 11.6 Å². The molecular formula is C13H17ClO2. The Morgan fingerprint density at radius 1 is 1.31 bits per heavy atom. The smallest absolute Gasteiger partial charge is 0.137 e. The van der Waals surface area contributed by atoms with Crippen LogP contribution in [0.5, 0.6) is 0 Å². The molecule has 0 aliphatic heterocycles. The second kappa shape index (κ2) is 3.58. The van der Waals surface area contributed by atoms with Crippen molar-refractivity contribution in [2.75, 3.05) is 0 Å². The highest BCUT2D eigenvalue weighted by molar-refractivity contribution is 6.29. The third-order valence-electron chi connectivity index (χ3n) is 4.80. The summed E-state index contributed by atoms with van der Waals surface area (Å²) in [6.07, 6.45) is 3.11. The van der Waals surface area contributed by atoms with Crippen molar-refractivity contribution >= 4 is 17.4 Å². The highest BCUT2D eigenvalue weighted by atomic mass is 35.5. The molecule has 3 heteroatoms. The van der Waals surface area contributed by atoms with Gasteiger partial charge in [-0.25, -0.2) is 0 Å². The molecule has 0 aromatic heterocycles. The number of allylic oxidation sites excluding steroid dienone is 2. The molecule has 0 amide bonds. The first-order valence-corrected chi connectivity index (χ1v) is 6.56. The van der Waals surface area contributed by atoms with Gasteiger partial charge in [0.2, 0.25) is 0 Å². The number of rotatable bonds is 0. The van der Waals surface area contributed by atoms with E-state index >= 15 is 0 Å². The molecule has 0 radical (unpaired) electrons. The lowest BCUT2D eigenvalue weighted by Gasteiger charge is -2.36. The highest BCUT2D eigenvalue weighted by Gasteiger charge is 2.57. The molecule has 0 heterocycles. The number of carbonyl (C=O) groups excluding carboxylic acids is 1. The number of aliphatic hydroxyl groups is 1. The topological polar surface area (TPSA) is 37.3 Å². The summed E-state index contributed by atoms with van der Waals surface area (Å²) in [6.45, 7) is 1.93. The number of Topliss-reactive ketones (excluding diaryl/α,β-unsaturated/α-hetero) is 1. The number of halogens is 1. The third kappa shape index (κ3) is 1.26. The Kier molecular flexibility index (Phi) is 2.41. The van der Waals surface area contributed by atoms with Crippen molar-refractivity contribution in [2.24, 2.45) is 23.7 Å². The van der Waals surface area contributed by atoms with Crippen molar-refractivity contribution in [3.05, 3.63) is 10.6 Å². The summed E-state index contributed by atoms with van der Waals surface area (Å²) in [5, 5.41) is 11.0. The van der Waals surface area contributed by atoms with Gasteiger partial charge in [-0.05, 0) is 43.6 Å². The van der Waals surface area contributed by atoms with Gasteiger partial charge in [0.25, 0.3) is 0 Å². The second-order valence-corrected chi connectivity index (χ2v) is 6.02. The van der Waals surface area contributed by atoms with Crippen molar-refractivity contribution in [3.8, 4) is 0 Å². The van der Waals surface area contributed by atoms with Crippen LogP contribution in [0.2, 0.25) is 0 Å². The summed E-state index contributed by atoms with van der Waals surface area (Å²) in [5.74, 6) is 1.33. The van der Waals surface area contributed by atoms with Gasteiger partial charge in [0, 0.05) is 23.3 Å². The van der Waals surface area contributed by atoms with Crippen LogP contribution in [0.15, 0.2) is 10.6 Å². The van der Waals surface area contributed by atoms with E-state index in [1.165, 1.54) is 5.57 Å². The van der Waals surface area contributed by atoms with E-state index in [-0.39, 0.29) is 17.9 Å². The Morgan fingerprint density at radius 3 is 2.62 bits per heavy atom. The Labute approximate surface area is 101 Å². The Hall–Kier alpha value is -0.340. The van der Waals surface area contributed by atoms with Crippen molar-refractivity contribution in [3.63, 3.8) is 0 Å². The molecule has 2 unspecified atom stereocenters. The average molecular weight is 241 g/mol. The van der Waals surface area contributed by atoms with Crippen LogP contribution in [-0.4, -0.2) is 17.0 Å². The van der Waals surface area contributed by atoms with Crippen LogP contribution in [0.3, 0.4) is 0 Å². The SMILES string of the molecule is C/C(Cl)=C1/C2CCC1[C@@H]1C(=O)CC[C@@H](O)[C@@H]21. The van der Waals surface area contributed by atoms with E-state index in [0.717, 1.165) is 17.9 Å². The zero-order valence-electron chi connectivity index (χ0n) is 9.45. The van der Waals surface area contributed by atoms with E-state index in [2.05, 4.69) is 0 Å². The Morgan fingerprint density at radius 2 is 2.00 bits per heavy atom. The standard InChI is InChI=1S/C13H17ClO2/c1-6(14)11-7-2-3-8(11)13-10(16)5-4-9(15)12(7)13/h7-9,12-13,15H,2-5H2,1H3/b11-6+/t7?,8?,9-,12-,13-/m1/s1. The minimum absolute atomic E-state index is 0.0752. The molecule has 0 aromatic carbocycles. The van der Waals surface area contributed by atoms with Crippen LogP contribution >= 0.6 is 11.6 Å². The lowest BCUT2D eigenvalue weighted by atomic mass is 9.69. The van der Waals surface area contributed by atoms with E-state index in [0.29, 0.717) is 30.5 Å². The van der Waals surface area contributed by atoms with Crippen LogP contribution in [-0.2, 0) is 4.79 Å². The highest BCUT2D eigenvalue weighted by Crippen LogP contribution is 2.60. The largest absolute Gasteiger partial charge is 0.393 e. The van der Waals surface area contributed by atoms with E-state index in [9.17, 15) is 9.90 Å². The van der Waals surface area contributed by atoms with Gasteiger partial charge in [-0.2, -0.15) is 0 Å². The molecule has 3 aliphatic carbocycles. The summed E-state index contributed by atoms with van der Waals surface area (Å²) in [6, 6.07) is 0. The summed E-state index contributed by atoms with van der Waals surface area (Å²) < 4.78 is 0. The molecule has 5 atom stereocenters. The van der Waals surface area contributed by atoms with Gasteiger partial charge in [-0.15, -0.1) is 0 Å². The first kappa shape index (κ1) is 10.8. The van der Waals surface area contributed by atoms with Crippen LogP contribution in [0.4, 0.5) is 0 Å². The van der Waals surface area contributed by atoms with Crippen molar-refractivity contribution < 1.29 is 9.90 Å². The fourth-order valence-corrected chi connectivity index (χ4v) is 4.62. The van der Waals surface area contributed by atoms with Crippen LogP contribution in [0.25, 0.3) is 0 Å². The molecule has 16 heavy (non-hydrogen) atoms. The van der Waals surface area contributed by atoms with Crippen molar-refractivity contribution in [1.82, 2.24) is 0 Å². The molecule has 1 N–H and O–H groups in total. The lowest BCUT2D eigenvalue weighted by molar-refractivity contribution is -0.133. The van der Waals surface area contributed by atoms with E-state index < -0.39 is 0 Å². The molecule has 3 saturated carbocycles. The monoisotopic (exact) mass is 240 g/mol. The second-order valence-electron chi connectivity index (χ2n) is 5.45. The lowest BCUT2D eigenvalue weighted by Crippen LogP contribution is -2.41. The quantitative estimate of drug-likeness (QED) is 0.707. The molecule has 3 aliphatic rings. The van der Waals surface area contributed by atoms with Crippen LogP contribution < -0.4 is 0 Å². The first-order chi connectivity index (χ1) is 7.61. The molecule has 0 saturated heterocycles. The summed E-state index contributed by atoms with van der Waals surface area (Å²) in [4.78, 5) is 12.0. The van der Waals surface area contributed by atoms with E-state index in [1.807, 2.05) is 6.92 Å². The third-order valence-corrected chi connectivity index (χ3v) is 5.02. The minimum atomic E-state index is -0.288. The van der Waals surface area contributed by atoms with Gasteiger partial charge in [0.05, 0.1) is 6.10 Å². The maximum Gasteiger partial charge on any atom is 0.137 e. The number of carbonyl (C=O) groups is 1. The normalized spacial score (nSPS) is 49.4. The molecular weight excluding hydrogens is 224 g/mol. The number of fused-ring (bicyclic) bond motifs is 5. The summed E-state index contributed by atoms with van der Waals surface area (Å²) in [7, 11) is 0. The van der Waals surface area contributed by atoms with Crippen molar-refractivity contribution in [2.45, 2.75) is 38.7 Å². The summed E-state index contributed by atoms with van der Waals surface area (Å²) in [5.41, 5.74) is 1.28. The maximum atomic E-state index is 12.0. The van der Waals surface area contributed by atoms with Crippen molar-refractivity contribution in [1.29, 1.82) is 0 Å². The molecule has 2 nitrogen and oxygen atoms in total. The molecule has 3 fully saturated rings. The Balaban J connectivity index is 2.04. The molecule has 0 spiro atoms. The van der Waals surface area contributed by atoms with Gasteiger partial charge in [-0.3, -0.25) is 4.79 Å². The summed E-state index contributed by atoms with van der Waals surface area (Å²) >= 11 is 6.16. The zero-order valence-corrected chi connectivity index (χ0v) is 10.2. The fraction of sp³-hybridized carbons (Fsp3) is 0.769. The predicted octanol–water partition coefficient (Wildman–Crippen LogP) is 2.50. The number of hydrogen-bond acceptors (Lipinski definition) is 2. The van der Waals surface area contributed by atoms with Crippen LogP contribution in [0, 0.1) is 23.7 Å². The van der Waals surface area contributed by atoms with Gasteiger partial charge >= 0.3 is 0 Å². The van der Waals surface area contributed by atoms with Gasteiger partial charge in [0.1, 0.15) is 5.78 Å². The van der Waals surface area contributed by atoms with E-state index in [1.54, 1.807) is 0 Å². The first-order valence-electron chi connectivity index (χ1n) is 6.18. The average Bonchev–Trinajstić information content (AvgIpc) is 2.79. The fourth-order valence-electron chi connectivity index (χ4n) is 4.34.